The van der Waals surface area contributed by atoms with Crippen molar-refractivity contribution in [1.29, 1.82) is 0 Å². The van der Waals surface area contributed by atoms with Gasteiger partial charge in [-0.05, 0) is 23.3 Å². The Kier molecular flexibility index (Phi) is 2.81. The molecule has 0 fully saturated rings. The van der Waals surface area contributed by atoms with Crippen molar-refractivity contribution >= 4 is 11.4 Å². The topological polar surface area (TPSA) is 32.7 Å². The van der Waals surface area contributed by atoms with Gasteiger partial charge in [-0.25, -0.2) is 0 Å². The second kappa shape index (κ2) is 4.61. The van der Waals surface area contributed by atoms with Crippen molar-refractivity contribution in [3.05, 3.63) is 64.6 Å². The predicted octanol–water partition coefficient (Wildman–Crippen LogP) is 3.50. The number of fused-ring (bicyclic) bond motifs is 2. The van der Waals surface area contributed by atoms with Gasteiger partial charge >= 0.3 is 0 Å². The van der Waals surface area contributed by atoms with Crippen LogP contribution in [0.2, 0.25) is 0 Å². The van der Waals surface area contributed by atoms with Crippen LogP contribution < -0.4 is 4.90 Å². The first-order valence-electron chi connectivity index (χ1n) is 6.12. The molecule has 0 saturated carbocycles. The van der Waals surface area contributed by atoms with Gasteiger partial charge in [0.2, 0.25) is 0 Å². The van der Waals surface area contributed by atoms with Crippen LogP contribution in [0.25, 0.3) is 0 Å². The monoisotopic (exact) mass is 238 g/mol. The second-order valence-corrected chi connectivity index (χ2v) is 4.44. The molecule has 0 radical (unpaired) electrons. The molecule has 0 unspecified atom stereocenters. The van der Waals surface area contributed by atoms with Crippen molar-refractivity contribution < 1.29 is 0 Å². The first kappa shape index (κ1) is 11.0. The molecule has 0 aromatic heterocycles. The summed E-state index contributed by atoms with van der Waals surface area (Å²) in [6.07, 6.45) is 0.956. The van der Waals surface area contributed by atoms with Gasteiger partial charge in [0.05, 0.1) is 6.54 Å². The molecule has 3 nitrogen and oxygen atoms in total. The summed E-state index contributed by atoms with van der Waals surface area (Å²) in [4.78, 5) is 12.6. The van der Waals surface area contributed by atoms with Crippen molar-refractivity contribution in [2.75, 3.05) is 18.0 Å². The molecule has 1 aliphatic heterocycles. The minimum atomic E-state index is 0.308. The van der Waals surface area contributed by atoms with Gasteiger partial charge in [-0.15, -0.1) is 0 Å². The van der Waals surface area contributed by atoms with Gasteiger partial charge in [0.25, 0.3) is 0 Å². The van der Waals surface area contributed by atoms with E-state index in [1.807, 2.05) is 12.1 Å². The van der Waals surface area contributed by atoms with Gasteiger partial charge in [-0.2, -0.15) is 4.91 Å². The maximum atomic E-state index is 10.4. The lowest BCUT2D eigenvalue weighted by molar-refractivity contribution is 0.889. The predicted molar refractivity (Wildman–Crippen MR) is 73.4 cm³/mol. The molecule has 90 valence electrons. The molecule has 0 N–H and O–H groups in total. The van der Waals surface area contributed by atoms with E-state index in [4.69, 9.17) is 0 Å². The minimum Gasteiger partial charge on any atom is -0.339 e. The fourth-order valence-corrected chi connectivity index (χ4v) is 2.56. The van der Waals surface area contributed by atoms with Gasteiger partial charge in [0, 0.05) is 24.3 Å². The summed E-state index contributed by atoms with van der Waals surface area (Å²) in [6, 6.07) is 16.7. The second-order valence-electron chi connectivity index (χ2n) is 4.44. The molecule has 0 atom stereocenters. The third-order valence-corrected chi connectivity index (χ3v) is 3.36. The molecule has 0 aliphatic carbocycles. The van der Waals surface area contributed by atoms with E-state index in [-0.39, 0.29) is 0 Å². The first-order chi connectivity index (χ1) is 8.90. The van der Waals surface area contributed by atoms with Gasteiger partial charge < -0.3 is 4.90 Å². The molecule has 0 amide bonds. The Morgan fingerprint density at radius 3 is 2.06 bits per heavy atom. The van der Waals surface area contributed by atoms with Crippen LogP contribution in [0, 0.1) is 4.91 Å². The minimum absolute atomic E-state index is 0.308. The average molecular weight is 238 g/mol. The molecule has 1 aliphatic rings. The Morgan fingerprint density at radius 2 is 1.50 bits per heavy atom. The standard InChI is InChI=1S/C15H14N2O/c18-16-9-10-17-14-7-3-1-5-12(14)11-13-6-2-4-8-15(13)17/h1-8H,9-11H2. The van der Waals surface area contributed by atoms with Crippen LogP contribution in [0.4, 0.5) is 11.4 Å². The molecule has 0 saturated heterocycles. The van der Waals surface area contributed by atoms with Crippen LogP contribution >= 0.6 is 0 Å². The molecule has 2 aromatic carbocycles. The molecule has 1 heterocycles. The number of nitrogens with zero attached hydrogens (tertiary/aromatic N) is 2. The Balaban J connectivity index is 2.08. The number of hydrogen-bond acceptors (Lipinski definition) is 3. The van der Waals surface area contributed by atoms with Crippen molar-refractivity contribution in [3.8, 4) is 0 Å². The zero-order chi connectivity index (χ0) is 12.4. The highest BCUT2D eigenvalue weighted by molar-refractivity contribution is 5.74. The normalized spacial score (nSPS) is 12.8. The fraction of sp³-hybridized carbons (Fsp3) is 0.200. The van der Waals surface area contributed by atoms with Crippen molar-refractivity contribution in [1.82, 2.24) is 0 Å². The van der Waals surface area contributed by atoms with Crippen molar-refractivity contribution in [2.24, 2.45) is 5.18 Å². The lowest BCUT2D eigenvalue weighted by Gasteiger charge is -2.32. The summed E-state index contributed by atoms with van der Waals surface area (Å²) in [6.45, 7) is 0.945. The van der Waals surface area contributed by atoms with Crippen LogP contribution in [-0.4, -0.2) is 13.1 Å². The molecular formula is C15H14N2O. The van der Waals surface area contributed by atoms with E-state index in [1.165, 1.54) is 22.5 Å². The number of anilines is 2. The van der Waals surface area contributed by atoms with Crippen molar-refractivity contribution in [2.45, 2.75) is 6.42 Å². The highest BCUT2D eigenvalue weighted by Gasteiger charge is 2.21. The molecule has 18 heavy (non-hydrogen) atoms. The van der Waals surface area contributed by atoms with Gasteiger partial charge in [-0.3, -0.25) is 0 Å². The Labute approximate surface area is 106 Å². The quantitative estimate of drug-likeness (QED) is 0.767. The lowest BCUT2D eigenvalue weighted by atomic mass is 9.96. The van der Waals surface area contributed by atoms with Gasteiger partial charge in [0.15, 0.2) is 0 Å². The van der Waals surface area contributed by atoms with Crippen molar-refractivity contribution in [3.63, 3.8) is 0 Å². The summed E-state index contributed by atoms with van der Waals surface area (Å²) >= 11 is 0. The molecule has 2 aromatic rings. The zero-order valence-corrected chi connectivity index (χ0v) is 10.0. The smallest absolute Gasteiger partial charge is 0.0990 e. The molecule has 0 spiro atoms. The summed E-state index contributed by atoms with van der Waals surface area (Å²) in [5.74, 6) is 0. The summed E-state index contributed by atoms with van der Waals surface area (Å²) in [7, 11) is 0. The molecule has 0 bridgehead atoms. The Morgan fingerprint density at radius 1 is 0.944 bits per heavy atom. The summed E-state index contributed by atoms with van der Waals surface area (Å²) in [5.41, 5.74) is 5.00. The fourth-order valence-electron chi connectivity index (χ4n) is 2.56. The maximum Gasteiger partial charge on any atom is 0.0990 e. The van der Waals surface area contributed by atoms with Gasteiger partial charge in [-0.1, -0.05) is 41.6 Å². The van der Waals surface area contributed by atoms with E-state index >= 15 is 0 Å². The van der Waals surface area contributed by atoms with E-state index in [2.05, 4.69) is 46.5 Å². The number of para-hydroxylation sites is 2. The van der Waals surface area contributed by atoms with E-state index in [0.29, 0.717) is 13.1 Å². The summed E-state index contributed by atoms with van der Waals surface area (Å²) in [5, 5.41) is 2.98. The third kappa shape index (κ3) is 1.78. The number of nitroso groups, excluding NO2 is 1. The highest BCUT2D eigenvalue weighted by Crippen LogP contribution is 2.37. The third-order valence-electron chi connectivity index (χ3n) is 3.36. The average Bonchev–Trinajstić information content (AvgIpc) is 2.43. The van der Waals surface area contributed by atoms with Crippen LogP contribution in [0.3, 0.4) is 0 Å². The highest BCUT2D eigenvalue weighted by atomic mass is 16.3. The van der Waals surface area contributed by atoms with Crippen LogP contribution in [-0.2, 0) is 6.42 Å². The zero-order valence-electron chi connectivity index (χ0n) is 10.0. The largest absolute Gasteiger partial charge is 0.339 e. The number of benzene rings is 2. The lowest BCUT2D eigenvalue weighted by Crippen LogP contribution is -2.25. The molecular weight excluding hydrogens is 224 g/mol. The van der Waals surface area contributed by atoms with Crippen LogP contribution in [0.15, 0.2) is 53.7 Å². The van der Waals surface area contributed by atoms with E-state index in [1.54, 1.807) is 0 Å². The first-order valence-corrected chi connectivity index (χ1v) is 6.12. The maximum absolute atomic E-state index is 10.4. The Hall–Kier alpha value is -2.16. The SMILES string of the molecule is O=NCCN1c2ccccc2Cc2ccccc21. The molecule has 3 heteroatoms. The van der Waals surface area contributed by atoms with Gasteiger partial charge in [0.1, 0.15) is 0 Å². The van der Waals surface area contributed by atoms with E-state index in [9.17, 15) is 4.91 Å². The van der Waals surface area contributed by atoms with Crippen LogP contribution in [0.1, 0.15) is 11.1 Å². The van der Waals surface area contributed by atoms with E-state index in [0.717, 1.165) is 6.42 Å². The molecule has 3 rings (SSSR count). The van der Waals surface area contributed by atoms with E-state index < -0.39 is 0 Å². The summed E-state index contributed by atoms with van der Waals surface area (Å²) < 4.78 is 0. The number of rotatable bonds is 3. The Bertz CT molecular complexity index is 535. The van der Waals surface area contributed by atoms with Crippen LogP contribution in [0.5, 0.6) is 0 Å². The number of hydrogen-bond donors (Lipinski definition) is 0.